The minimum absolute atomic E-state index is 0.0690. The molecule has 1 aliphatic rings. The van der Waals surface area contributed by atoms with E-state index < -0.39 is 0 Å². The average molecular weight is 566 g/mol. The molecular weight excluding hydrogens is 522 g/mol. The molecular formula is C40H43N3. The van der Waals surface area contributed by atoms with Crippen molar-refractivity contribution >= 4 is 0 Å². The molecule has 3 heterocycles. The van der Waals surface area contributed by atoms with Crippen LogP contribution in [0.25, 0.3) is 45.2 Å². The lowest BCUT2D eigenvalue weighted by Crippen LogP contribution is -2.25. The normalized spacial score (nSPS) is 13.1. The Balaban J connectivity index is 1.39. The van der Waals surface area contributed by atoms with Crippen molar-refractivity contribution in [1.82, 2.24) is 15.0 Å². The number of hydrogen-bond donors (Lipinski definition) is 0. The summed E-state index contributed by atoms with van der Waals surface area (Å²) in [5.74, 6) is 0. The highest BCUT2D eigenvalue weighted by Crippen LogP contribution is 2.54. The van der Waals surface area contributed by atoms with Gasteiger partial charge in [0.2, 0.25) is 0 Å². The molecule has 3 aromatic heterocycles. The maximum absolute atomic E-state index is 5.16. The van der Waals surface area contributed by atoms with Crippen LogP contribution in [0.3, 0.4) is 0 Å². The quantitative estimate of drug-likeness (QED) is 0.133. The van der Waals surface area contributed by atoms with Crippen molar-refractivity contribution in [2.75, 3.05) is 0 Å². The fourth-order valence-corrected chi connectivity index (χ4v) is 6.96. The number of nitrogens with zero attached hydrogens (tertiary/aromatic N) is 3. The van der Waals surface area contributed by atoms with E-state index in [9.17, 15) is 0 Å². The van der Waals surface area contributed by atoms with Gasteiger partial charge in [0.05, 0.1) is 28.5 Å². The summed E-state index contributed by atoms with van der Waals surface area (Å²) >= 11 is 0. The molecule has 0 N–H and O–H groups in total. The van der Waals surface area contributed by atoms with Crippen molar-refractivity contribution in [2.45, 2.75) is 83.5 Å². The van der Waals surface area contributed by atoms with Crippen LogP contribution in [-0.2, 0) is 5.41 Å². The molecule has 0 bridgehead atoms. The summed E-state index contributed by atoms with van der Waals surface area (Å²) in [6, 6.07) is 34.6. The van der Waals surface area contributed by atoms with Gasteiger partial charge in [0.1, 0.15) is 0 Å². The van der Waals surface area contributed by atoms with Crippen molar-refractivity contribution in [3.63, 3.8) is 0 Å². The number of fused-ring (bicyclic) bond motifs is 3. The van der Waals surface area contributed by atoms with E-state index in [0.29, 0.717) is 0 Å². The van der Waals surface area contributed by atoms with Gasteiger partial charge in [-0.25, -0.2) is 9.97 Å². The topological polar surface area (TPSA) is 38.7 Å². The third kappa shape index (κ3) is 6.04. The molecule has 0 saturated carbocycles. The minimum atomic E-state index is 0.0690. The molecule has 218 valence electrons. The van der Waals surface area contributed by atoms with Crippen molar-refractivity contribution in [3.05, 3.63) is 114 Å². The Morgan fingerprint density at radius 3 is 1.74 bits per heavy atom. The summed E-state index contributed by atoms with van der Waals surface area (Å²) in [5, 5.41) is 0. The van der Waals surface area contributed by atoms with Gasteiger partial charge in [0.25, 0.3) is 0 Å². The van der Waals surface area contributed by atoms with Gasteiger partial charge in [-0.3, -0.25) is 4.98 Å². The molecule has 5 aromatic rings. The lowest BCUT2D eigenvalue weighted by molar-refractivity contribution is 0.401. The molecule has 1 aliphatic carbocycles. The fourth-order valence-electron chi connectivity index (χ4n) is 6.96. The molecule has 0 radical (unpaired) electrons. The van der Waals surface area contributed by atoms with Crippen LogP contribution in [0, 0.1) is 0 Å². The summed E-state index contributed by atoms with van der Waals surface area (Å²) in [4.78, 5) is 14.6. The number of hydrogen-bond acceptors (Lipinski definition) is 3. The van der Waals surface area contributed by atoms with Crippen LogP contribution in [0.5, 0.6) is 0 Å². The lowest BCUT2D eigenvalue weighted by Gasteiger charge is -2.33. The van der Waals surface area contributed by atoms with Gasteiger partial charge in [0.15, 0.2) is 0 Å². The molecule has 0 spiro atoms. The summed E-state index contributed by atoms with van der Waals surface area (Å²) in [7, 11) is 0. The number of unbranched alkanes of at least 4 members (excludes halogenated alkanes) is 6. The van der Waals surface area contributed by atoms with Gasteiger partial charge in [0, 0.05) is 17.2 Å². The van der Waals surface area contributed by atoms with Crippen molar-refractivity contribution < 1.29 is 0 Å². The van der Waals surface area contributed by atoms with E-state index in [4.69, 9.17) is 9.97 Å². The molecule has 0 saturated heterocycles. The SMILES string of the molecule is CCCCCCC1(CCCCCC)c2ccccc2-c2ccc(-c3cccc(-c4cccc(-c5ccccn5)n4)n3)cc21. The molecule has 0 aliphatic heterocycles. The second kappa shape index (κ2) is 13.5. The Kier molecular flexibility index (Phi) is 9.07. The van der Waals surface area contributed by atoms with Crippen LogP contribution in [0.4, 0.5) is 0 Å². The first-order chi connectivity index (χ1) is 21.2. The molecule has 43 heavy (non-hydrogen) atoms. The summed E-state index contributed by atoms with van der Waals surface area (Å²) < 4.78 is 0. The molecule has 3 nitrogen and oxygen atoms in total. The average Bonchev–Trinajstić information content (AvgIpc) is 3.34. The van der Waals surface area contributed by atoms with Gasteiger partial charge in [-0.05, 0) is 77.6 Å². The highest BCUT2D eigenvalue weighted by Gasteiger charge is 2.42. The van der Waals surface area contributed by atoms with Crippen LogP contribution >= 0.6 is 0 Å². The van der Waals surface area contributed by atoms with Crippen molar-refractivity contribution in [3.8, 4) is 45.2 Å². The van der Waals surface area contributed by atoms with Crippen LogP contribution in [-0.4, -0.2) is 15.0 Å². The Labute approximate surface area is 257 Å². The van der Waals surface area contributed by atoms with Crippen LogP contribution in [0.15, 0.2) is 103 Å². The van der Waals surface area contributed by atoms with Crippen molar-refractivity contribution in [2.24, 2.45) is 0 Å². The summed E-state index contributed by atoms with van der Waals surface area (Å²) in [6.07, 6.45) is 14.5. The zero-order chi connectivity index (χ0) is 29.5. The standard InChI is InChI=1S/C40H43N3/c1-3-5-7-12-26-40(27-13-8-6-4-2)33-18-10-9-17-31(33)32-25-24-30(29-34(32)40)35-20-15-22-38(42-35)39-23-16-21-37(43-39)36-19-11-14-28-41-36/h9-11,14-25,28-29H,3-8,12-13,26-27H2,1-2H3. The van der Waals surface area contributed by atoms with Gasteiger partial charge in [-0.15, -0.1) is 0 Å². The van der Waals surface area contributed by atoms with Crippen LogP contribution in [0.2, 0.25) is 0 Å². The van der Waals surface area contributed by atoms with E-state index >= 15 is 0 Å². The monoisotopic (exact) mass is 565 g/mol. The Hall–Kier alpha value is -4.11. The molecule has 2 aromatic carbocycles. The lowest BCUT2D eigenvalue weighted by atomic mass is 9.70. The Bertz CT molecular complexity index is 1640. The summed E-state index contributed by atoms with van der Waals surface area (Å²) in [6.45, 7) is 4.61. The fraction of sp³-hybridized carbons (Fsp3) is 0.325. The molecule has 6 rings (SSSR count). The number of benzene rings is 2. The maximum Gasteiger partial charge on any atom is 0.0894 e. The zero-order valence-electron chi connectivity index (χ0n) is 25.7. The first-order valence-electron chi connectivity index (χ1n) is 16.3. The highest BCUT2D eigenvalue weighted by molar-refractivity contribution is 5.83. The largest absolute Gasteiger partial charge is 0.255 e. The van der Waals surface area contributed by atoms with E-state index in [-0.39, 0.29) is 5.41 Å². The molecule has 0 amide bonds. The molecule has 3 heteroatoms. The van der Waals surface area contributed by atoms with Crippen molar-refractivity contribution in [1.29, 1.82) is 0 Å². The van der Waals surface area contributed by atoms with Gasteiger partial charge in [-0.1, -0.05) is 120 Å². The van der Waals surface area contributed by atoms with Crippen LogP contribution in [0.1, 0.15) is 89.2 Å². The van der Waals surface area contributed by atoms with E-state index in [2.05, 4.69) is 79.5 Å². The predicted molar refractivity (Wildman–Crippen MR) is 180 cm³/mol. The third-order valence-electron chi connectivity index (χ3n) is 9.17. The molecule has 0 atom stereocenters. The van der Waals surface area contributed by atoms with E-state index in [1.54, 1.807) is 0 Å². The van der Waals surface area contributed by atoms with E-state index in [1.165, 1.54) is 92.0 Å². The first kappa shape index (κ1) is 29.0. The maximum atomic E-state index is 5.16. The zero-order valence-corrected chi connectivity index (χ0v) is 25.7. The minimum Gasteiger partial charge on any atom is -0.255 e. The van der Waals surface area contributed by atoms with E-state index in [0.717, 1.165) is 28.5 Å². The summed E-state index contributed by atoms with van der Waals surface area (Å²) in [5.41, 5.74) is 11.6. The van der Waals surface area contributed by atoms with Gasteiger partial charge in [-0.2, -0.15) is 0 Å². The van der Waals surface area contributed by atoms with E-state index in [1.807, 2.05) is 42.6 Å². The highest BCUT2D eigenvalue weighted by atomic mass is 14.8. The molecule has 0 fully saturated rings. The predicted octanol–water partition coefficient (Wildman–Crippen LogP) is 11.1. The number of rotatable bonds is 13. The second-order valence-electron chi connectivity index (χ2n) is 12.0. The Morgan fingerprint density at radius 1 is 0.488 bits per heavy atom. The number of aromatic nitrogens is 3. The second-order valence-corrected chi connectivity index (χ2v) is 12.0. The Morgan fingerprint density at radius 2 is 1.07 bits per heavy atom. The number of pyridine rings is 3. The molecule has 0 unspecified atom stereocenters. The smallest absolute Gasteiger partial charge is 0.0894 e. The van der Waals surface area contributed by atoms with Crippen LogP contribution < -0.4 is 0 Å². The van der Waals surface area contributed by atoms with Gasteiger partial charge >= 0.3 is 0 Å². The third-order valence-corrected chi connectivity index (χ3v) is 9.17. The first-order valence-corrected chi connectivity index (χ1v) is 16.3. The van der Waals surface area contributed by atoms with Gasteiger partial charge < -0.3 is 0 Å².